The summed E-state index contributed by atoms with van der Waals surface area (Å²) in [5, 5.41) is 2.10. The first-order valence-electron chi connectivity index (χ1n) is 13.3. The lowest BCUT2D eigenvalue weighted by Crippen LogP contribution is -2.49. The van der Waals surface area contributed by atoms with E-state index < -0.39 is 0 Å². The van der Waals surface area contributed by atoms with Crippen molar-refractivity contribution in [1.29, 1.82) is 0 Å². The van der Waals surface area contributed by atoms with Crippen LogP contribution >= 0.6 is 11.3 Å². The Kier molecular flexibility index (Phi) is 9.43. The molecule has 1 atom stereocenters. The van der Waals surface area contributed by atoms with E-state index in [1.165, 1.54) is 16.0 Å². The standard InChI is InChI=1S/C29H40N2O4S/c1-21(2)22-9-11-24(12-10-22)35-20-26-25-14-18-36-27(25)13-16-31(26)28(32)19-30(15-6-17-34-3)29(33)23-7-4-5-8-23/h9-12,14,18,21,23,26H,4-8,13,15-17,19-20H2,1-3H3. The molecule has 196 valence electrons. The largest absolute Gasteiger partial charge is 0.491 e. The molecule has 1 aromatic heterocycles. The highest BCUT2D eigenvalue weighted by Gasteiger charge is 2.35. The van der Waals surface area contributed by atoms with Gasteiger partial charge in [-0.05, 0) is 66.3 Å². The van der Waals surface area contributed by atoms with Crippen LogP contribution in [0.3, 0.4) is 0 Å². The third kappa shape index (κ3) is 6.48. The van der Waals surface area contributed by atoms with E-state index in [2.05, 4.69) is 37.4 Å². The maximum Gasteiger partial charge on any atom is 0.242 e. The molecule has 2 amide bonds. The van der Waals surface area contributed by atoms with Crippen LogP contribution in [-0.4, -0.2) is 61.6 Å². The van der Waals surface area contributed by atoms with E-state index >= 15 is 0 Å². The van der Waals surface area contributed by atoms with Crippen LogP contribution in [0.1, 0.15) is 73.9 Å². The van der Waals surface area contributed by atoms with Gasteiger partial charge in [-0.1, -0.05) is 38.8 Å². The van der Waals surface area contributed by atoms with Crippen molar-refractivity contribution in [2.24, 2.45) is 5.92 Å². The number of carbonyl (C=O) groups excluding carboxylic acids is 2. The number of amides is 2. The third-order valence-corrected chi connectivity index (χ3v) is 8.49. The summed E-state index contributed by atoms with van der Waals surface area (Å²) in [5.74, 6) is 1.46. The fraction of sp³-hybridized carbons (Fsp3) is 0.586. The maximum absolute atomic E-state index is 13.7. The van der Waals surface area contributed by atoms with E-state index in [0.29, 0.717) is 32.2 Å². The molecule has 0 spiro atoms. The SMILES string of the molecule is COCCCN(CC(=O)N1CCc2sccc2C1COc1ccc(C(C)C)cc1)C(=O)C1CCCC1. The molecule has 1 fully saturated rings. The Bertz CT molecular complexity index is 997. The minimum absolute atomic E-state index is 0.000584. The number of thiophene rings is 1. The van der Waals surface area contributed by atoms with Gasteiger partial charge < -0.3 is 19.3 Å². The number of carbonyl (C=O) groups is 2. The Hall–Kier alpha value is -2.38. The van der Waals surface area contributed by atoms with Gasteiger partial charge in [-0.2, -0.15) is 0 Å². The van der Waals surface area contributed by atoms with Crippen LogP contribution in [0.15, 0.2) is 35.7 Å². The molecule has 1 saturated carbocycles. The molecule has 7 heteroatoms. The third-order valence-electron chi connectivity index (χ3n) is 7.49. The minimum Gasteiger partial charge on any atom is -0.491 e. The van der Waals surface area contributed by atoms with Gasteiger partial charge in [-0.25, -0.2) is 0 Å². The number of benzene rings is 1. The molecule has 36 heavy (non-hydrogen) atoms. The van der Waals surface area contributed by atoms with Gasteiger partial charge in [0.25, 0.3) is 0 Å². The quantitative estimate of drug-likeness (QED) is 0.377. The molecule has 6 nitrogen and oxygen atoms in total. The summed E-state index contributed by atoms with van der Waals surface area (Å²) in [6.45, 7) is 6.66. The second-order valence-electron chi connectivity index (χ2n) is 10.3. The number of nitrogens with zero attached hydrogens (tertiary/aromatic N) is 2. The Labute approximate surface area is 219 Å². The van der Waals surface area contributed by atoms with Crippen molar-refractivity contribution in [1.82, 2.24) is 9.80 Å². The highest BCUT2D eigenvalue weighted by Crippen LogP contribution is 2.34. The molecule has 2 aliphatic rings. The predicted octanol–water partition coefficient (Wildman–Crippen LogP) is 5.43. The maximum atomic E-state index is 13.7. The number of rotatable bonds is 11. The van der Waals surface area contributed by atoms with Crippen LogP contribution < -0.4 is 4.74 Å². The molecule has 0 saturated heterocycles. The lowest BCUT2D eigenvalue weighted by Gasteiger charge is -2.37. The topological polar surface area (TPSA) is 59.1 Å². The van der Waals surface area contributed by atoms with Crippen LogP contribution in [0, 0.1) is 5.92 Å². The minimum atomic E-state index is -0.153. The van der Waals surface area contributed by atoms with E-state index in [4.69, 9.17) is 9.47 Å². The fourth-order valence-electron chi connectivity index (χ4n) is 5.35. The smallest absolute Gasteiger partial charge is 0.242 e. The number of ether oxygens (including phenoxy) is 2. The van der Waals surface area contributed by atoms with Gasteiger partial charge in [0.2, 0.25) is 11.8 Å². The molecular weight excluding hydrogens is 472 g/mol. The molecule has 0 N–H and O–H groups in total. The van der Waals surface area contributed by atoms with Crippen molar-refractivity contribution in [3.63, 3.8) is 0 Å². The molecule has 1 aromatic carbocycles. The molecule has 4 rings (SSSR count). The Morgan fingerprint density at radius 1 is 1.14 bits per heavy atom. The average Bonchev–Trinajstić information content (AvgIpc) is 3.59. The van der Waals surface area contributed by atoms with Gasteiger partial charge in [-0.15, -0.1) is 11.3 Å². The molecule has 2 heterocycles. The summed E-state index contributed by atoms with van der Waals surface area (Å²) in [6.07, 6.45) is 5.64. The summed E-state index contributed by atoms with van der Waals surface area (Å²) in [7, 11) is 1.67. The van der Waals surface area contributed by atoms with Crippen molar-refractivity contribution in [2.75, 3.05) is 40.0 Å². The first kappa shape index (κ1) is 26.7. The molecule has 2 aromatic rings. The van der Waals surface area contributed by atoms with Gasteiger partial charge >= 0.3 is 0 Å². The first-order chi connectivity index (χ1) is 17.5. The van der Waals surface area contributed by atoms with Gasteiger partial charge in [0.1, 0.15) is 12.4 Å². The van der Waals surface area contributed by atoms with Crippen LogP contribution in [0.2, 0.25) is 0 Å². The van der Waals surface area contributed by atoms with Crippen LogP contribution in [0.4, 0.5) is 0 Å². The molecule has 1 aliphatic carbocycles. The Morgan fingerprint density at radius 2 is 1.89 bits per heavy atom. The van der Waals surface area contributed by atoms with Crippen LogP contribution in [0.5, 0.6) is 5.75 Å². The van der Waals surface area contributed by atoms with Gasteiger partial charge in [-0.3, -0.25) is 9.59 Å². The van der Waals surface area contributed by atoms with E-state index in [9.17, 15) is 9.59 Å². The number of hydrogen-bond donors (Lipinski definition) is 0. The summed E-state index contributed by atoms with van der Waals surface area (Å²) >= 11 is 1.75. The zero-order valence-electron chi connectivity index (χ0n) is 21.9. The van der Waals surface area contributed by atoms with Crippen LogP contribution in [-0.2, 0) is 20.7 Å². The van der Waals surface area contributed by atoms with Crippen molar-refractivity contribution in [3.05, 3.63) is 51.7 Å². The first-order valence-corrected chi connectivity index (χ1v) is 14.2. The summed E-state index contributed by atoms with van der Waals surface area (Å²) in [6, 6.07) is 10.2. The Morgan fingerprint density at radius 3 is 2.58 bits per heavy atom. The van der Waals surface area contributed by atoms with Crippen molar-refractivity contribution < 1.29 is 19.1 Å². The summed E-state index contributed by atoms with van der Waals surface area (Å²) in [5.41, 5.74) is 2.45. The molecule has 0 bridgehead atoms. The molecule has 0 radical (unpaired) electrons. The normalized spacial score (nSPS) is 17.9. The molecule has 1 aliphatic heterocycles. The fourth-order valence-corrected chi connectivity index (χ4v) is 6.28. The van der Waals surface area contributed by atoms with Gasteiger partial charge in [0, 0.05) is 37.6 Å². The summed E-state index contributed by atoms with van der Waals surface area (Å²) < 4.78 is 11.4. The number of hydrogen-bond acceptors (Lipinski definition) is 5. The molecular formula is C29H40N2O4S. The van der Waals surface area contributed by atoms with Crippen molar-refractivity contribution in [2.45, 2.75) is 64.3 Å². The lowest BCUT2D eigenvalue weighted by molar-refractivity contribution is -0.144. The highest BCUT2D eigenvalue weighted by atomic mass is 32.1. The highest BCUT2D eigenvalue weighted by molar-refractivity contribution is 7.10. The Balaban J connectivity index is 1.47. The second-order valence-corrected chi connectivity index (χ2v) is 11.3. The average molecular weight is 513 g/mol. The van der Waals surface area contributed by atoms with Crippen LogP contribution in [0.25, 0.3) is 0 Å². The monoisotopic (exact) mass is 512 g/mol. The van der Waals surface area contributed by atoms with E-state index in [1.807, 2.05) is 17.0 Å². The second kappa shape index (κ2) is 12.7. The van der Waals surface area contributed by atoms with Crippen molar-refractivity contribution >= 4 is 23.2 Å². The lowest BCUT2D eigenvalue weighted by atomic mass is 10.00. The zero-order chi connectivity index (χ0) is 25.5. The van der Waals surface area contributed by atoms with E-state index in [0.717, 1.165) is 44.3 Å². The number of methoxy groups -OCH3 is 1. The van der Waals surface area contributed by atoms with Gasteiger partial charge in [0.15, 0.2) is 0 Å². The summed E-state index contributed by atoms with van der Waals surface area (Å²) in [4.78, 5) is 32.0. The van der Waals surface area contributed by atoms with E-state index in [-0.39, 0.29) is 30.3 Å². The van der Waals surface area contributed by atoms with Crippen molar-refractivity contribution in [3.8, 4) is 5.75 Å². The van der Waals surface area contributed by atoms with E-state index in [1.54, 1.807) is 23.3 Å². The zero-order valence-corrected chi connectivity index (χ0v) is 22.7. The number of fused-ring (bicyclic) bond motifs is 1. The predicted molar refractivity (Wildman–Crippen MR) is 144 cm³/mol. The molecule has 1 unspecified atom stereocenters. The van der Waals surface area contributed by atoms with Gasteiger partial charge in [0.05, 0.1) is 12.6 Å².